The molecule has 2 unspecified atom stereocenters. The summed E-state index contributed by atoms with van der Waals surface area (Å²) in [6.07, 6.45) is 2.50. The van der Waals surface area contributed by atoms with E-state index in [1.54, 1.807) is 7.11 Å². The summed E-state index contributed by atoms with van der Waals surface area (Å²) >= 11 is 0. The molecule has 5 nitrogen and oxygen atoms in total. The van der Waals surface area contributed by atoms with E-state index in [-0.39, 0.29) is 11.5 Å². The van der Waals surface area contributed by atoms with Gasteiger partial charge in [-0.1, -0.05) is 34.6 Å². The minimum Gasteiger partial charge on any atom is -0.379 e. The molecule has 0 spiro atoms. The van der Waals surface area contributed by atoms with Crippen molar-refractivity contribution in [2.45, 2.75) is 66.5 Å². The molecule has 5 heteroatoms. The molecule has 0 aromatic heterocycles. The highest BCUT2D eigenvalue weighted by Crippen LogP contribution is 2.20. The molecule has 0 aromatic rings. The van der Waals surface area contributed by atoms with Crippen LogP contribution in [0.4, 0.5) is 0 Å². The summed E-state index contributed by atoms with van der Waals surface area (Å²) < 4.78 is 5.58. The average molecular weight is 329 g/mol. The summed E-state index contributed by atoms with van der Waals surface area (Å²) in [7, 11) is 3.58. The molecule has 138 valence electrons. The van der Waals surface area contributed by atoms with Gasteiger partial charge in [-0.3, -0.25) is 4.99 Å². The quantitative estimate of drug-likeness (QED) is 0.478. The molecule has 0 radical (unpaired) electrons. The number of hydrogen-bond donors (Lipinski definition) is 2. The van der Waals surface area contributed by atoms with Gasteiger partial charge in [0.2, 0.25) is 0 Å². The Bertz CT molecular complexity index is 321. The highest BCUT2D eigenvalue weighted by Gasteiger charge is 2.24. The predicted molar refractivity (Wildman–Crippen MR) is 101 cm³/mol. The normalized spacial score (nSPS) is 15.6. The SMILES string of the molecule is CCN(CC)CCCC(C)NC(=NC)NCC(OC)C(C)(C)C. The molecule has 0 aliphatic carbocycles. The minimum absolute atomic E-state index is 0.107. The zero-order valence-corrected chi connectivity index (χ0v) is 16.7. The summed E-state index contributed by atoms with van der Waals surface area (Å²) in [5.41, 5.74) is 0.107. The van der Waals surface area contributed by atoms with Crippen molar-refractivity contribution in [1.29, 1.82) is 0 Å². The monoisotopic (exact) mass is 328 g/mol. The first-order chi connectivity index (χ1) is 10.8. The fourth-order valence-corrected chi connectivity index (χ4v) is 2.59. The number of nitrogens with one attached hydrogen (secondary N) is 2. The molecule has 2 atom stereocenters. The summed E-state index contributed by atoms with van der Waals surface area (Å²) in [6.45, 7) is 17.4. The van der Waals surface area contributed by atoms with E-state index < -0.39 is 0 Å². The van der Waals surface area contributed by atoms with Crippen molar-refractivity contribution in [3.8, 4) is 0 Å². The van der Waals surface area contributed by atoms with Gasteiger partial charge < -0.3 is 20.3 Å². The van der Waals surface area contributed by atoms with Crippen molar-refractivity contribution in [3.63, 3.8) is 0 Å². The van der Waals surface area contributed by atoms with Crippen LogP contribution in [0.2, 0.25) is 0 Å². The number of hydrogen-bond acceptors (Lipinski definition) is 3. The molecule has 0 amide bonds. The largest absolute Gasteiger partial charge is 0.379 e. The van der Waals surface area contributed by atoms with Gasteiger partial charge in [-0.05, 0) is 44.8 Å². The molecule has 0 bridgehead atoms. The second-order valence-corrected chi connectivity index (χ2v) is 7.26. The third-order valence-electron chi connectivity index (χ3n) is 4.32. The standard InChI is InChI=1S/C18H40N4O/c1-9-22(10-2)13-11-12-15(3)21-17(19-7)20-14-16(23-8)18(4,5)6/h15-16H,9-14H2,1-8H3,(H2,19,20,21). The Morgan fingerprint density at radius 2 is 1.83 bits per heavy atom. The molecule has 0 saturated carbocycles. The summed E-state index contributed by atoms with van der Waals surface area (Å²) in [6, 6.07) is 0.410. The lowest BCUT2D eigenvalue weighted by Crippen LogP contribution is -2.47. The molecular formula is C18H40N4O. The lowest BCUT2D eigenvalue weighted by atomic mass is 9.89. The van der Waals surface area contributed by atoms with E-state index >= 15 is 0 Å². The highest BCUT2D eigenvalue weighted by atomic mass is 16.5. The van der Waals surface area contributed by atoms with Crippen LogP contribution < -0.4 is 10.6 Å². The Morgan fingerprint density at radius 3 is 2.26 bits per heavy atom. The van der Waals surface area contributed by atoms with Gasteiger partial charge in [-0.2, -0.15) is 0 Å². The van der Waals surface area contributed by atoms with Crippen molar-refractivity contribution >= 4 is 5.96 Å². The lowest BCUT2D eigenvalue weighted by molar-refractivity contribution is 0.0205. The number of ether oxygens (including phenoxy) is 1. The van der Waals surface area contributed by atoms with Gasteiger partial charge >= 0.3 is 0 Å². The Hall–Kier alpha value is -0.810. The minimum atomic E-state index is 0.107. The molecule has 2 N–H and O–H groups in total. The highest BCUT2D eigenvalue weighted by molar-refractivity contribution is 5.79. The molecular weight excluding hydrogens is 288 g/mol. The van der Waals surface area contributed by atoms with Crippen molar-refractivity contribution in [1.82, 2.24) is 15.5 Å². The van der Waals surface area contributed by atoms with E-state index in [1.807, 2.05) is 7.05 Å². The number of guanidine groups is 1. The second-order valence-electron chi connectivity index (χ2n) is 7.26. The molecule has 0 saturated heterocycles. The Morgan fingerprint density at radius 1 is 1.22 bits per heavy atom. The smallest absolute Gasteiger partial charge is 0.191 e. The van der Waals surface area contributed by atoms with Crippen molar-refractivity contribution in [2.24, 2.45) is 10.4 Å². The summed E-state index contributed by atoms with van der Waals surface area (Å²) in [5.74, 6) is 0.853. The fraction of sp³-hybridized carbons (Fsp3) is 0.944. The van der Waals surface area contributed by atoms with Gasteiger partial charge in [0.05, 0.1) is 6.10 Å². The van der Waals surface area contributed by atoms with Crippen molar-refractivity contribution in [3.05, 3.63) is 0 Å². The van der Waals surface area contributed by atoms with E-state index in [1.165, 1.54) is 13.0 Å². The molecule has 0 aromatic carbocycles. The van der Waals surface area contributed by atoms with Crippen molar-refractivity contribution < 1.29 is 4.74 Å². The summed E-state index contributed by atoms with van der Waals surface area (Å²) in [5, 5.41) is 6.86. The number of methoxy groups -OCH3 is 1. The predicted octanol–water partition coefficient (Wildman–Crippen LogP) is 2.72. The van der Waals surface area contributed by atoms with Crippen LogP contribution in [0.25, 0.3) is 0 Å². The zero-order valence-electron chi connectivity index (χ0n) is 16.7. The van der Waals surface area contributed by atoms with Crippen LogP contribution in [-0.4, -0.2) is 63.3 Å². The third kappa shape index (κ3) is 9.82. The van der Waals surface area contributed by atoms with Crippen molar-refractivity contribution in [2.75, 3.05) is 40.3 Å². The van der Waals surface area contributed by atoms with E-state index in [2.05, 4.69) is 62.1 Å². The second kappa shape index (κ2) is 11.7. The zero-order chi connectivity index (χ0) is 17.9. The molecule has 0 heterocycles. The number of rotatable bonds is 10. The van der Waals surface area contributed by atoms with Gasteiger partial charge in [-0.25, -0.2) is 0 Å². The van der Waals surface area contributed by atoms with E-state index in [4.69, 9.17) is 4.74 Å². The first kappa shape index (κ1) is 22.2. The molecule has 0 aliphatic rings. The van der Waals surface area contributed by atoms with Gasteiger partial charge in [0.15, 0.2) is 5.96 Å². The van der Waals surface area contributed by atoms with Gasteiger partial charge in [0.25, 0.3) is 0 Å². The topological polar surface area (TPSA) is 48.9 Å². The lowest BCUT2D eigenvalue weighted by Gasteiger charge is -2.30. The van der Waals surface area contributed by atoms with Crippen LogP contribution in [-0.2, 0) is 4.74 Å². The average Bonchev–Trinajstić information content (AvgIpc) is 2.49. The van der Waals surface area contributed by atoms with Crippen LogP contribution in [0.5, 0.6) is 0 Å². The molecule has 0 aliphatic heterocycles. The Balaban J connectivity index is 4.18. The van der Waals surface area contributed by atoms with Crippen LogP contribution in [0.1, 0.15) is 54.4 Å². The van der Waals surface area contributed by atoms with Gasteiger partial charge in [-0.15, -0.1) is 0 Å². The maximum absolute atomic E-state index is 5.58. The maximum atomic E-state index is 5.58. The number of aliphatic imine (C=N–C) groups is 1. The molecule has 23 heavy (non-hydrogen) atoms. The van der Waals surface area contributed by atoms with E-state index in [0.29, 0.717) is 6.04 Å². The third-order valence-corrected chi connectivity index (χ3v) is 4.32. The van der Waals surface area contributed by atoms with Crippen LogP contribution in [0, 0.1) is 5.41 Å². The maximum Gasteiger partial charge on any atom is 0.191 e. The fourth-order valence-electron chi connectivity index (χ4n) is 2.59. The van der Waals surface area contributed by atoms with E-state index in [9.17, 15) is 0 Å². The van der Waals surface area contributed by atoms with Gasteiger partial charge in [0.1, 0.15) is 0 Å². The van der Waals surface area contributed by atoms with E-state index in [0.717, 1.165) is 32.0 Å². The number of nitrogens with zero attached hydrogens (tertiary/aromatic N) is 2. The Kier molecular flexibility index (Phi) is 11.3. The molecule has 0 fully saturated rings. The van der Waals surface area contributed by atoms with Crippen LogP contribution in [0.15, 0.2) is 4.99 Å². The first-order valence-corrected chi connectivity index (χ1v) is 9.00. The summed E-state index contributed by atoms with van der Waals surface area (Å²) in [4.78, 5) is 6.78. The molecule has 0 rings (SSSR count). The first-order valence-electron chi connectivity index (χ1n) is 9.00. The Labute approximate surface area is 144 Å². The van der Waals surface area contributed by atoms with Crippen LogP contribution in [0.3, 0.4) is 0 Å². The van der Waals surface area contributed by atoms with Crippen LogP contribution >= 0.6 is 0 Å². The van der Waals surface area contributed by atoms with Gasteiger partial charge in [0, 0.05) is 26.7 Å².